The Kier molecular flexibility index (Phi) is 3.12. The molecule has 1 aliphatic carbocycles. The van der Waals surface area contributed by atoms with E-state index in [0.29, 0.717) is 0 Å². The number of hydrogen-bond donors (Lipinski definition) is 2. The van der Waals surface area contributed by atoms with Crippen LogP contribution in [-0.2, 0) is 0 Å². The van der Waals surface area contributed by atoms with Crippen LogP contribution >= 0.6 is 12.2 Å². The van der Waals surface area contributed by atoms with E-state index in [1.807, 2.05) is 7.05 Å². The van der Waals surface area contributed by atoms with E-state index in [-0.39, 0.29) is 0 Å². The third-order valence-corrected chi connectivity index (χ3v) is 2.69. The molecule has 11 heavy (non-hydrogen) atoms. The first-order valence-electron chi connectivity index (χ1n) is 4.23. The van der Waals surface area contributed by atoms with Gasteiger partial charge in [0.1, 0.15) is 0 Å². The SMILES string of the molecule is CCC1CC1CNC(=S)NC. The first-order chi connectivity index (χ1) is 5.27. The van der Waals surface area contributed by atoms with E-state index in [1.54, 1.807) is 0 Å². The molecule has 1 fully saturated rings. The van der Waals surface area contributed by atoms with E-state index in [9.17, 15) is 0 Å². The highest BCUT2D eigenvalue weighted by Gasteiger charge is 2.34. The van der Waals surface area contributed by atoms with Crippen LogP contribution in [0.4, 0.5) is 0 Å². The quantitative estimate of drug-likeness (QED) is 0.624. The first-order valence-corrected chi connectivity index (χ1v) is 4.64. The van der Waals surface area contributed by atoms with Gasteiger partial charge >= 0.3 is 0 Å². The highest BCUT2D eigenvalue weighted by atomic mass is 32.1. The molecule has 1 saturated carbocycles. The average molecular weight is 172 g/mol. The molecule has 0 aromatic rings. The Balaban J connectivity index is 2.01. The molecule has 2 N–H and O–H groups in total. The van der Waals surface area contributed by atoms with Crippen LogP contribution in [0, 0.1) is 11.8 Å². The molecule has 0 spiro atoms. The van der Waals surface area contributed by atoms with Crippen molar-refractivity contribution >= 4 is 17.3 Å². The summed E-state index contributed by atoms with van der Waals surface area (Å²) in [6.07, 6.45) is 2.70. The zero-order valence-electron chi connectivity index (χ0n) is 7.18. The summed E-state index contributed by atoms with van der Waals surface area (Å²) in [4.78, 5) is 0. The minimum absolute atomic E-state index is 0.770. The van der Waals surface area contributed by atoms with Gasteiger partial charge in [-0.25, -0.2) is 0 Å². The summed E-state index contributed by atoms with van der Waals surface area (Å²) in [6, 6.07) is 0. The van der Waals surface area contributed by atoms with Crippen molar-refractivity contribution in [3.05, 3.63) is 0 Å². The molecule has 0 heterocycles. The lowest BCUT2D eigenvalue weighted by molar-refractivity contribution is 0.658. The van der Waals surface area contributed by atoms with Gasteiger partial charge in [0.15, 0.2) is 5.11 Å². The topological polar surface area (TPSA) is 24.1 Å². The highest BCUT2D eigenvalue weighted by Crippen LogP contribution is 2.40. The summed E-state index contributed by atoms with van der Waals surface area (Å²) >= 11 is 4.95. The Bertz CT molecular complexity index is 147. The molecule has 1 rings (SSSR count). The van der Waals surface area contributed by atoms with E-state index in [4.69, 9.17) is 12.2 Å². The molecule has 2 atom stereocenters. The smallest absolute Gasteiger partial charge is 0.166 e. The molecule has 0 saturated heterocycles. The van der Waals surface area contributed by atoms with Crippen LogP contribution < -0.4 is 10.6 Å². The molecule has 3 heteroatoms. The largest absolute Gasteiger partial charge is 0.366 e. The summed E-state index contributed by atoms with van der Waals surface area (Å²) in [5.74, 6) is 1.84. The number of nitrogens with one attached hydrogen (secondary N) is 2. The molecule has 0 aromatic heterocycles. The molecule has 0 radical (unpaired) electrons. The second-order valence-corrected chi connectivity index (χ2v) is 3.53. The standard InChI is InChI=1S/C8H16N2S/c1-3-6-4-7(6)5-10-8(11)9-2/h6-7H,3-5H2,1-2H3,(H2,9,10,11). The van der Waals surface area contributed by atoms with Crippen LogP contribution in [0.2, 0.25) is 0 Å². The zero-order valence-corrected chi connectivity index (χ0v) is 8.00. The fraction of sp³-hybridized carbons (Fsp3) is 0.875. The molecule has 2 nitrogen and oxygen atoms in total. The zero-order chi connectivity index (χ0) is 8.27. The van der Waals surface area contributed by atoms with Crippen molar-refractivity contribution < 1.29 is 0 Å². The van der Waals surface area contributed by atoms with Gasteiger partial charge in [0.25, 0.3) is 0 Å². The average Bonchev–Trinajstić information content (AvgIpc) is 2.78. The van der Waals surface area contributed by atoms with E-state index in [0.717, 1.165) is 23.5 Å². The van der Waals surface area contributed by atoms with Gasteiger partial charge in [-0.05, 0) is 30.5 Å². The first kappa shape index (κ1) is 8.78. The maximum atomic E-state index is 4.95. The molecule has 0 bridgehead atoms. The number of thiocarbonyl (C=S) groups is 1. The summed E-state index contributed by atoms with van der Waals surface area (Å²) in [5, 5.41) is 6.85. The van der Waals surface area contributed by atoms with Crippen molar-refractivity contribution in [2.24, 2.45) is 11.8 Å². The van der Waals surface area contributed by atoms with Gasteiger partial charge in [-0.2, -0.15) is 0 Å². The lowest BCUT2D eigenvalue weighted by Crippen LogP contribution is -2.33. The second kappa shape index (κ2) is 3.90. The van der Waals surface area contributed by atoms with Gasteiger partial charge in [-0.1, -0.05) is 13.3 Å². The minimum atomic E-state index is 0.770. The number of hydrogen-bond acceptors (Lipinski definition) is 1. The Hall–Kier alpha value is -0.310. The van der Waals surface area contributed by atoms with Crippen molar-refractivity contribution in [1.82, 2.24) is 10.6 Å². The van der Waals surface area contributed by atoms with Crippen LogP contribution in [0.25, 0.3) is 0 Å². The summed E-state index contributed by atoms with van der Waals surface area (Å²) in [7, 11) is 1.85. The second-order valence-electron chi connectivity index (χ2n) is 3.12. The monoisotopic (exact) mass is 172 g/mol. The Morgan fingerprint density at radius 3 is 2.73 bits per heavy atom. The molecular formula is C8H16N2S. The number of rotatable bonds is 3. The summed E-state index contributed by atoms with van der Waals surface area (Å²) in [6.45, 7) is 3.30. The van der Waals surface area contributed by atoms with E-state index in [2.05, 4.69) is 17.6 Å². The molecule has 0 aliphatic heterocycles. The van der Waals surface area contributed by atoms with Gasteiger partial charge in [-0.3, -0.25) is 0 Å². The van der Waals surface area contributed by atoms with Gasteiger partial charge in [0, 0.05) is 13.6 Å². The molecule has 2 unspecified atom stereocenters. The fourth-order valence-corrected chi connectivity index (χ4v) is 1.46. The van der Waals surface area contributed by atoms with Crippen LogP contribution in [0.3, 0.4) is 0 Å². The van der Waals surface area contributed by atoms with E-state index in [1.165, 1.54) is 12.8 Å². The maximum Gasteiger partial charge on any atom is 0.166 e. The van der Waals surface area contributed by atoms with E-state index < -0.39 is 0 Å². The third kappa shape index (κ3) is 2.66. The van der Waals surface area contributed by atoms with Gasteiger partial charge < -0.3 is 10.6 Å². The van der Waals surface area contributed by atoms with Crippen LogP contribution in [0.5, 0.6) is 0 Å². The molecule has 1 aliphatic rings. The van der Waals surface area contributed by atoms with Crippen molar-refractivity contribution in [1.29, 1.82) is 0 Å². The molecule has 0 aromatic carbocycles. The third-order valence-electron chi connectivity index (χ3n) is 2.35. The lowest BCUT2D eigenvalue weighted by Gasteiger charge is -2.05. The van der Waals surface area contributed by atoms with Crippen molar-refractivity contribution in [3.63, 3.8) is 0 Å². The van der Waals surface area contributed by atoms with Gasteiger partial charge in [0.2, 0.25) is 0 Å². The highest BCUT2D eigenvalue weighted by molar-refractivity contribution is 7.80. The van der Waals surface area contributed by atoms with E-state index >= 15 is 0 Å². The minimum Gasteiger partial charge on any atom is -0.366 e. The summed E-state index contributed by atoms with van der Waals surface area (Å²) in [5.41, 5.74) is 0. The van der Waals surface area contributed by atoms with Crippen LogP contribution in [0.1, 0.15) is 19.8 Å². The van der Waals surface area contributed by atoms with Crippen LogP contribution in [-0.4, -0.2) is 18.7 Å². The Morgan fingerprint density at radius 2 is 2.27 bits per heavy atom. The van der Waals surface area contributed by atoms with Crippen molar-refractivity contribution in [3.8, 4) is 0 Å². The van der Waals surface area contributed by atoms with Crippen molar-refractivity contribution in [2.75, 3.05) is 13.6 Å². The fourth-order valence-electron chi connectivity index (χ4n) is 1.37. The normalized spacial score (nSPS) is 27.8. The molecule has 0 amide bonds. The maximum absolute atomic E-state index is 4.95. The Morgan fingerprint density at radius 1 is 1.55 bits per heavy atom. The van der Waals surface area contributed by atoms with Crippen LogP contribution in [0.15, 0.2) is 0 Å². The van der Waals surface area contributed by atoms with Gasteiger partial charge in [-0.15, -0.1) is 0 Å². The lowest BCUT2D eigenvalue weighted by atomic mass is 10.2. The van der Waals surface area contributed by atoms with Crippen molar-refractivity contribution in [2.45, 2.75) is 19.8 Å². The summed E-state index contributed by atoms with van der Waals surface area (Å²) < 4.78 is 0. The predicted octanol–water partition coefficient (Wildman–Crippen LogP) is 1.13. The van der Waals surface area contributed by atoms with Gasteiger partial charge in [0.05, 0.1) is 0 Å². The molecule has 64 valence electrons. The molecular weight excluding hydrogens is 156 g/mol. The predicted molar refractivity (Wildman–Crippen MR) is 51.5 cm³/mol. The Labute approximate surface area is 73.7 Å².